The van der Waals surface area contributed by atoms with Gasteiger partial charge in [-0.15, -0.1) is 0 Å². The number of amides is 1. The van der Waals surface area contributed by atoms with Crippen molar-refractivity contribution < 1.29 is 4.79 Å². The number of benzene rings is 1. The maximum Gasteiger partial charge on any atom is 0.211 e. The minimum Gasteiger partial charge on any atom is -0.329 e. The highest BCUT2D eigenvalue weighted by Crippen LogP contribution is 2.27. The Hall–Kier alpha value is -1.79. The van der Waals surface area contributed by atoms with Crippen LogP contribution < -0.4 is 10.5 Å². The maximum absolute atomic E-state index is 10.5. The molecule has 1 aromatic heterocycles. The molecule has 2 aromatic rings. The van der Waals surface area contributed by atoms with Gasteiger partial charge in [-0.1, -0.05) is 0 Å². The monoisotopic (exact) mass is 248 g/mol. The summed E-state index contributed by atoms with van der Waals surface area (Å²) >= 11 is 1.14. The molecule has 1 heterocycles. The van der Waals surface area contributed by atoms with Crippen molar-refractivity contribution in [2.45, 2.75) is 4.90 Å². The van der Waals surface area contributed by atoms with Crippen LogP contribution in [0.4, 0.5) is 5.69 Å². The number of nitrogens with one attached hydrogen (secondary N) is 1. The number of aryl methyl sites for hydroxylation is 1. The Bertz CT molecular complexity index is 538. The molecule has 0 atom stereocenters. The molecule has 0 bridgehead atoms. The van der Waals surface area contributed by atoms with Crippen LogP contribution in [0.3, 0.4) is 0 Å². The summed E-state index contributed by atoms with van der Waals surface area (Å²) in [4.78, 5) is 11.3. The zero-order valence-corrected chi connectivity index (χ0v) is 10.1. The molecule has 2 rings (SSSR count). The van der Waals surface area contributed by atoms with Gasteiger partial charge < -0.3 is 5.32 Å². The average Bonchev–Trinajstić information content (AvgIpc) is 2.76. The average molecular weight is 248 g/mol. The molecule has 0 spiro atoms. The predicted molar refractivity (Wildman–Crippen MR) is 68.4 cm³/mol. The van der Waals surface area contributed by atoms with Crippen molar-refractivity contribution in [3.63, 3.8) is 0 Å². The van der Waals surface area contributed by atoms with E-state index in [0.717, 1.165) is 28.0 Å². The zero-order valence-electron chi connectivity index (χ0n) is 9.25. The minimum absolute atomic E-state index is 0.646. The van der Waals surface area contributed by atoms with Gasteiger partial charge in [-0.2, -0.15) is 5.10 Å². The first-order valence-electron chi connectivity index (χ1n) is 4.94. The van der Waals surface area contributed by atoms with Crippen molar-refractivity contribution in [1.82, 2.24) is 9.78 Å². The van der Waals surface area contributed by atoms with Crippen LogP contribution in [0, 0.1) is 0 Å². The van der Waals surface area contributed by atoms with Gasteiger partial charge in [0.2, 0.25) is 6.41 Å². The third kappa shape index (κ3) is 2.66. The summed E-state index contributed by atoms with van der Waals surface area (Å²) in [5, 5.41) is 12.3. The lowest BCUT2D eigenvalue weighted by atomic mass is 10.1. The molecule has 1 amide bonds. The lowest BCUT2D eigenvalue weighted by molar-refractivity contribution is -0.105. The van der Waals surface area contributed by atoms with E-state index in [1.807, 2.05) is 31.4 Å². The second kappa shape index (κ2) is 5.03. The Morgan fingerprint density at radius 1 is 1.41 bits per heavy atom. The fraction of sp³-hybridized carbons (Fsp3) is 0.0909. The Morgan fingerprint density at radius 3 is 2.82 bits per heavy atom. The molecular weight excluding hydrogens is 236 g/mol. The fourth-order valence-corrected chi connectivity index (χ4v) is 1.95. The van der Waals surface area contributed by atoms with E-state index in [-0.39, 0.29) is 0 Å². The van der Waals surface area contributed by atoms with Gasteiger partial charge in [0, 0.05) is 29.4 Å². The van der Waals surface area contributed by atoms with Gasteiger partial charge in [-0.05, 0) is 35.7 Å². The molecule has 1 aromatic carbocycles. The fourth-order valence-electron chi connectivity index (χ4n) is 1.56. The molecule has 3 N–H and O–H groups in total. The first-order valence-corrected chi connectivity index (χ1v) is 5.82. The van der Waals surface area contributed by atoms with Gasteiger partial charge in [0.05, 0.1) is 6.20 Å². The SMILES string of the molecule is Cn1cc(-c2cc(NC=O)cc(SN)c2)cn1. The van der Waals surface area contributed by atoms with E-state index in [4.69, 9.17) is 5.14 Å². The highest BCUT2D eigenvalue weighted by Gasteiger charge is 2.04. The summed E-state index contributed by atoms with van der Waals surface area (Å²) in [5.41, 5.74) is 2.67. The highest BCUT2D eigenvalue weighted by atomic mass is 32.2. The minimum atomic E-state index is 0.646. The lowest BCUT2D eigenvalue weighted by Gasteiger charge is -2.05. The van der Waals surface area contributed by atoms with E-state index in [0.29, 0.717) is 12.1 Å². The number of nitrogens with two attached hydrogens (primary N) is 1. The normalized spacial score (nSPS) is 10.2. The van der Waals surface area contributed by atoms with E-state index in [1.165, 1.54) is 0 Å². The van der Waals surface area contributed by atoms with E-state index in [1.54, 1.807) is 10.9 Å². The van der Waals surface area contributed by atoms with Gasteiger partial charge in [-0.3, -0.25) is 14.6 Å². The van der Waals surface area contributed by atoms with Crippen LogP contribution in [-0.2, 0) is 11.8 Å². The van der Waals surface area contributed by atoms with Gasteiger partial charge in [-0.25, -0.2) is 0 Å². The Labute approximate surface area is 103 Å². The van der Waals surface area contributed by atoms with Crippen LogP contribution in [0.5, 0.6) is 0 Å². The molecule has 0 saturated carbocycles. The molecule has 5 nitrogen and oxygen atoms in total. The number of carbonyl (C=O) groups is 1. The number of carbonyl (C=O) groups excluding carboxylic acids is 1. The van der Waals surface area contributed by atoms with Crippen LogP contribution in [0.2, 0.25) is 0 Å². The van der Waals surface area contributed by atoms with Crippen LogP contribution in [-0.4, -0.2) is 16.2 Å². The van der Waals surface area contributed by atoms with Crippen molar-refractivity contribution in [2.24, 2.45) is 12.2 Å². The van der Waals surface area contributed by atoms with E-state index < -0.39 is 0 Å². The molecule has 0 aliphatic carbocycles. The highest BCUT2D eigenvalue weighted by molar-refractivity contribution is 7.97. The molecule has 0 radical (unpaired) electrons. The lowest BCUT2D eigenvalue weighted by Crippen LogP contribution is -1.95. The van der Waals surface area contributed by atoms with E-state index >= 15 is 0 Å². The van der Waals surface area contributed by atoms with Crippen LogP contribution >= 0.6 is 11.9 Å². The number of hydrogen-bond acceptors (Lipinski definition) is 4. The second-order valence-electron chi connectivity index (χ2n) is 3.53. The van der Waals surface area contributed by atoms with Crippen molar-refractivity contribution in [3.8, 4) is 11.1 Å². The number of hydrogen-bond donors (Lipinski definition) is 2. The second-order valence-corrected chi connectivity index (χ2v) is 4.24. The van der Waals surface area contributed by atoms with E-state index in [9.17, 15) is 4.79 Å². The summed E-state index contributed by atoms with van der Waals surface area (Å²) in [6, 6.07) is 5.65. The third-order valence-corrected chi connectivity index (χ3v) is 2.81. The zero-order chi connectivity index (χ0) is 12.3. The number of anilines is 1. The van der Waals surface area contributed by atoms with Crippen molar-refractivity contribution in [3.05, 3.63) is 30.6 Å². The van der Waals surface area contributed by atoms with Crippen molar-refractivity contribution in [1.29, 1.82) is 0 Å². The van der Waals surface area contributed by atoms with Crippen LogP contribution in [0.25, 0.3) is 11.1 Å². The van der Waals surface area contributed by atoms with Crippen LogP contribution in [0.1, 0.15) is 0 Å². The topological polar surface area (TPSA) is 72.9 Å². The first kappa shape index (κ1) is 11.7. The molecular formula is C11H12N4OS. The van der Waals surface area contributed by atoms with Gasteiger partial charge in [0.25, 0.3) is 0 Å². The van der Waals surface area contributed by atoms with Gasteiger partial charge >= 0.3 is 0 Å². The Kier molecular flexibility index (Phi) is 3.46. The summed E-state index contributed by atoms with van der Waals surface area (Å²) in [6.45, 7) is 0. The molecule has 6 heteroatoms. The maximum atomic E-state index is 10.5. The third-order valence-electron chi connectivity index (χ3n) is 2.31. The quantitative estimate of drug-likeness (QED) is 0.637. The summed E-state index contributed by atoms with van der Waals surface area (Å²) < 4.78 is 1.73. The molecule has 17 heavy (non-hydrogen) atoms. The molecule has 0 fully saturated rings. The first-order chi connectivity index (χ1) is 8.22. The van der Waals surface area contributed by atoms with Crippen LogP contribution in [0.15, 0.2) is 35.5 Å². The van der Waals surface area contributed by atoms with E-state index in [2.05, 4.69) is 10.4 Å². The van der Waals surface area contributed by atoms with Crippen molar-refractivity contribution in [2.75, 3.05) is 5.32 Å². The molecule has 0 unspecified atom stereocenters. The Morgan fingerprint density at radius 2 is 2.24 bits per heavy atom. The molecule has 0 aliphatic heterocycles. The standard InChI is InChI=1S/C11H12N4OS/c1-15-6-9(5-14-15)8-2-10(13-7-16)4-11(3-8)17-12/h2-7H,12H2,1H3,(H,13,16). The van der Waals surface area contributed by atoms with Crippen molar-refractivity contribution >= 4 is 24.0 Å². The molecule has 0 aliphatic rings. The molecule has 88 valence electrons. The predicted octanol–water partition coefficient (Wildman–Crippen LogP) is 1.62. The number of aromatic nitrogens is 2. The summed E-state index contributed by atoms with van der Waals surface area (Å²) in [5.74, 6) is 0. The Balaban J connectivity index is 2.45. The number of nitrogens with zero attached hydrogens (tertiary/aromatic N) is 2. The largest absolute Gasteiger partial charge is 0.329 e. The summed E-state index contributed by atoms with van der Waals surface area (Å²) in [7, 11) is 1.86. The number of rotatable bonds is 4. The smallest absolute Gasteiger partial charge is 0.211 e. The molecule has 0 saturated heterocycles. The van der Waals surface area contributed by atoms with Gasteiger partial charge in [0.1, 0.15) is 0 Å². The van der Waals surface area contributed by atoms with Gasteiger partial charge in [0.15, 0.2) is 0 Å². The summed E-state index contributed by atoms with van der Waals surface area (Å²) in [6.07, 6.45) is 4.32.